The molecule has 0 heterocycles. The first kappa shape index (κ1) is 17.7. The summed E-state index contributed by atoms with van der Waals surface area (Å²) in [6.07, 6.45) is 4.99. The van der Waals surface area contributed by atoms with Gasteiger partial charge in [0.05, 0.1) is 11.6 Å². The second kappa shape index (κ2) is 7.97. The molecule has 1 fully saturated rings. The van der Waals surface area contributed by atoms with Crippen LogP contribution in [0.15, 0.2) is 0 Å². The Morgan fingerprint density at radius 1 is 1.33 bits per heavy atom. The van der Waals surface area contributed by atoms with E-state index in [0.717, 1.165) is 38.5 Å². The van der Waals surface area contributed by atoms with E-state index in [-0.39, 0.29) is 24.2 Å². The van der Waals surface area contributed by atoms with Gasteiger partial charge in [0, 0.05) is 6.54 Å². The van der Waals surface area contributed by atoms with Crippen LogP contribution >= 0.6 is 12.4 Å². The van der Waals surface area contributed by atoms with E-state index in [0.29, 0.717) is 6.54 Å². The van der Waals surface area contributed by atoms with Crippen molar-refractivity contribution in [2.24, 2.45) is 11.7 Å². The summed E-state index contributed by atoms with van der Waals surface area (Å²) in [6, 6.07) is 0. The van der Waals surface area contributed by atoms with Crippen molar-refractivity contribution in [3.63, 3.8) is 0 Å². The van der Waals surface area contributed by atoms with Crippen molar-refractivity contribution in [1.29, 1.82) is 0 Å². The molecular weight excluding hydrogens is 252 g/mol. The highest BCUT2D eigenvalue weighted by atomic mass is 35.5. The number of carbonyl (C=O) groups excluding carboxylic acids is 1. The van der Waals surface area contributed by atoms with E-state index < -0.39 is 11.6 Å². The number of aliphatic hydroxyl groups excluding tert-OH is 1. The van der Waals surface area contributed by atoms with E-state index in [2.05, 4.69) is 19.2 Å². The Kier molecular flexibility index (Phi) is 7.83. The molecule has 0 aromatic rings. The standard InChI is InChI=1S/C13H26N2O2.ClH/c1-3-10(4-2)11(16)9-15-12(17)13(14)7-5-6-8-13;/h10-11,16H,3-9,14H2,1-2H3,(H,15,17);1H. The second-order valence-electron chi connectivity index (χ2n) is 5.22. The lowest BCUT2D eigenvalue weighted by molar-refractivity contribution is -0.126. The van der Waals surface area contributed by atoms with Crippen LogP contribution in [0, 0.1) is 5.92 Å². The van der Waals surface area contributed by atoms with Crippen LogP contribution in [0.4, 0.5) is 0 Å². The van der Waals surface area contributed by atoms with Crippen molar-refractivity contribution in [2.45, 2.75) is 64.0 Å². The molecule has 1 rings (SSSR count). The number of carbonyl (C=O) groups is 1. The molecule has 1 aliphatic rings. The lowest BCUT2D eigenvalue weighted by atomic mass is 9.95. The van der Waals surface area contributed by atoms with Crippen LogP contribution in [-0.2, 0) is 4.79 Å². The van der Waals surface area contributed by atoms with Gasteiger partial charge in [0.15, 0.2) is 0 Å². The zero-order valence-electron chi connectivity index (χ0n) is 11.4. The molecule has 4 nitrogen and oxygen atoms in total. The minimum Gasteiger partial charge on any atom is -0.391 e. The van der Waals surface area contributed by atoms with Crippen molar-refractivity contribution in [3.05, 3.63) is 0 Å². The number of aliphatic hydroxyl groups is 1. The summed E-state index contributed by atoms with van der Waals surface area (Å²) in [7, 11) is 0. The fourth-order valence-corrected chi connectivity index (χ4v) is 2.61. The fraction of sp³-hybridized carbons (Fsp3) is 0.923. The van der Waals surface area contributed by atoms with Gasteiger partial charge in [0.25, 0.3) is 0 Å². The first-order chi connectivity index (χ1) is 8.03. The molecule has 0 aromatic carbocycles. The molecule has 1 aliphatic carbocycles. The molecule has 0 aromatic heterocycles. The summed E-state index contributed by atoms with van der Waals surface area (Å²) in [4.78, 5) is 11.9. The highest BCUT2D eigenvalue weighted by molar-refractivity contribution is 5.86. The Balaban J connectivity index is 0.00000289. The molecule has 18 heavy (non-hydrogen) atoms. The average molecular weight is 279 g/mol. The molecule has 0 bridgehead atoms. The van der Waals surface area contributed by atoms with Gasteiger partial charge in [-0.2, -0.15) is 0 Å². The van der Waals surface area contributed by atoms with Crippen molar-refractivity contribution in [3.8, 4) is 0 Å². The molecule has 1 atom stereocenters. The van der Waals surface area contributed by atoms with E-state index in [1.807, 2.05) is 0 Å². The third-order valence-electron chi connectivity index (χ3n) is 4.01. The number of rotatable bonds is 6. The second-order valence-corrected chi connectivity index (χ2v) is 5.22. The van der Waals surface area contributed by atoms with E-state index in [1.165, 1.54) is 0 Å². The first-order valence-corrected chi connectivity index (χ1v) is 6.78. The van der Waals surface area contributed by atoms with Gasteiger partial charge in [0.1, 0.15) is 0 Å². The maximum atomic E-state index is 11.9. The SMILES string of the molecule is CCC(CC)C(O)CNC(=O)C1(N)CCCC1.Cl. The number of hydrogen-bond donors (Lipinski definition) is 3. The summed E-state index contributed by atoms with van der Waals surface area (Å²) < 4.78 is 0. The number of nitrogens with one attached hydrogen (secondary N) is 1. The predicted octanol–water partition coefficient (Wildman–Crippen LogP) is 1.59. The van der Waals surface area contributed by atoms with Gasteiger partial charge >= 0.3 is 0 Å². The third-order valence-corrected chi connectivity index (χ3v) is 4.01. The van der Waals surface area contributed by atoms with Gasteiger partial charge in [-0.05, 0) is 18.8 Å². The lowest BCUT2D eigenvalue weighted by Gasteiger charge is -2.25. The first-order valence-electron chi connectivity index (χ1n) is 6.78. The number of amides is 1. The van der Waals surface area contributed by atoms with E-state index in [1.54, 1.807) is 0 Å². The molecule has 0 saturated heterocycles. The van der Waals surface area contributed by atoms with Gasteiger partial charge in [0.2, 0.25) is 5.91 Å². The van der Waals surface area contributed by atoms with Crippen LogP contribution in [0.3, 0.4) is 0 Å². The fourth-order valence-electron chi connectivity index (χ4n) is 2.61. The molecule has 1 amide bonds. The quantitative estimate of drug-likeness (QED) is 0.691. The summed E-state index contributed by atoms with van der Waals surface area (Å²) in [5, 5.41) is 12.7. The Morgan fingerprint density at radius 3 is 2.28 bits per heavy atom. The van der Waals surface area contributed by atoms with Crippen molar-refractivity contribution in [1.82, 2.24) is 5.32 Å². The van der Waals surface area contributed by atoms with Gasteiger partial charge in [-0.3, -0.25) is 4.79 Å². The lowest BCUT2D eigenvalue weighted by Crippen LogP contribution is -2.53. The van der Waals surface area contributed by atoms with Crippen LogP contribution < -0.4 is 11.1 Å². The van der Waals surface area contributed by atoms with Gasteiger partial charge in [-0.15, -0.1) is 12.4 Å². The molecular formula is C13H27ClN2O2. The highest BCUT2D eigenvalue weighted by Crippen LogP contribution is 2.27. The normalized spacial score (nSPS) is 19.4. The van der Waals surface area contributed by atoms with E-state index in [9.17, 15) is 9.90 Å². The van der Waals surface area contributed by atoms with E-state index >= 15 is 0 Å². The van der Waals surface area contributed by atoms with Crippen LogP contribution in [-0.4, -0.2) is 29.2 Å². The molecule has 1 saturated carbocycles. The Morgan fingerprint density at radius 2 is 1.83 bits per heavy atom. The summed E-state index contributed by atoms with van der Waals surface area (Å²) in [6.45, 7) is 4.44. The Hall–Kier alpha value is -0.320. The average Bonchev–Trinajstić information content (AvgIpc) is 2.76. The molecule has 0 aliphatic heterocycles. The van der Waals surface area contributed by atoms with Crippen molar-refractivity contribution in [2.75, 3.05) is 6.54 Å². The summed E-state index contributed by atoms with van der Waals surface area (Å²) >= 11 is 0. The largest absolute Gasteiger partial charge is 0.391 e. The minimum atomic E-state index is -0.687. The van der Waals surface area contributed by atoms with Crippen LogP contribution in [0.5, 0.6) is 0 Å². The van der Waals surface area contributed by atoms with Crippen LogP contribution in [0.25, 0.3) is 0 Å². The number of halogens is 1. The number of nitrogens with two attached hydrogens (primary N) is 1. The maximum absolute atomic E-state index is 11.9. The minimum absolute atomic E-state index is 0. The molecule has 1 unspecified atom stereocenters. The molecule has 4 N–H and O–H groups in total. The molecule has 108 valence electrons. The Labute approximate surface area is 116 Å². The monoisotopic (exact) mass is 278 g/mol. The van der Waals surface area contributed by atoms with Crippen LogP contribution in [0.1, 0.15) is 52.4 Å². The van der Waals surface area contributed by atoms with Crippen molar-refractivity contribution >= 4 is 18.3 Å². The summed E-state index contributed by atoms with van der Waals surface area (Å²) in [5.74, 6) is 0.160. The zero-order valence-corrected chi connectivity index (χ0v) is 12.3. The molecule has 0 radical (unpaired) electrons. The van der Waals surface area contributed by atoms with Gasteiger partial charge < -0.3 is 16.2 Å². The number of hydrogen-bond acceptors (Lipinski definition) is 3. The van der Waals surface area contributed by atoms with Gasteiger partial charge in [-0.1, -0.05) is 39.5 Å². The van der Waals surface area contributed by atoms with Crippen molar-refractivity contribution < 1.29 is 9.90 Å². The third kappa shape index (κ3) is 4.41. The van der Waals surface area contributed by atoms with E-state index in [4.69, 9.17) is 5.73 Å². The highest BCUT2D eigenvalue weighted by Gasteiger charge is 2.37. The maximum Gasteiger partial charge on any atom is 0.240 e. The summed E-state index contributed by atoms with van der Waals surface area (Å²) in [5.41, 5.74) is 5.35. The smallest absolute Gasteiger partial charge is 0.240 e. The molecule has 5 heteroatoms. The van der Waals surface area contributed by atoms with Gasteiger partial charge in [-0.25, -0.2) is 0 Å². The Bertz CT molecular complexity index is 251. The zero-order chi connectivity index (χ0) is 12.9. The predicted molar refractivity (Wildman–Crippen MR) is 75.7 cm³/mol. The topological polar surface area (TPSA) is 75.3 Å². The van der Waals surface area contributed by atoms with Crippen LogP contribution in [0.2, 0.25) is 0 Å². The molecule has 0 spiro atoms.